The number of rotatable bonds is 2. The summed E-state index contributed by atoms with van der Waals surface area (Å²) in [6.07, 6.45) is -0.268. The van der Waals surface area contributed by atoms with Gasteiger partial charge in [-0.25, -0.2) is 4.39 Å². The zero-order valence-corrected chi connectivity index (χ0v) is 12.8. The molecule has 5 heteroatoms. The average molecular weight is 353 g/mol. The first-order valence-corrected chi connectivity index (χ1v) is 7.47. The number of fused-ring (bicyclic) bond motifs is 1. The van der Waals surface area contributed by atoms with Crippen LogP contribution in [0.1, 0.15) is 23.7 Å². The number of ether oxygens (including phenoxy) is 2. The molecule has 0 spiro atoms. The van der Waals surface area contributed by atoms with E-state index >= 15 is 0 Å². The van der Waals surface area contributed by atoms with Gasteiger partial charge in [-0.05, 0) is 18.2 Å². The van der Waals surface area contributed by atoms with Gasteiger partial charge in [-0.15, -0.1) is 0 Å². The molecule has 0 saturated carbocycles. The van der Waals surface area contributed by atoms with Gasteiger partial charge in [-0.3, -0.25) is 0 Å². The molecular weight excluding hydrogens is 339 g/mol. The van der Waals surface area contributed by atoms with E-state index in [1.807, 2.05) is 0 Å². The quantitative estimate of drug-likeness (QED) is 0.892. The Balaban J connectivity index is 2.02. The lowest BCUT2D eigenvalue weighted by Gasteiger charge is -2.17. The molecule has 0 aromatic heterocycles. The van der Waals surface area contributed by atoms with Crippen LogP contribution < -0.4 is 9.47 Å². The van der Waals surface area contributed by atoms with Gasteiger partial charge >= 0.3 is 0 Å². The fourth-order valence-corrected chi connectivity index (χ4v) is 2.81. The number of aliphatic hydroxyl groups excluding tert-OH is 1. The fourth-order valence-electron chi connectivity index (χ4n) is 2.27. The smallest absolute Gasteiger partial charge is 0.162 e. The number of halogens is 2. The van der Waals surface area contributed by atoms with Crippen LogP contribution in [0.5, 0.6) is 11.5 Å². The summed E-state index contributed by atoms with van der Waals surface area (Å²) in [6, 6.07) is 9.63. The summed E-state index contributed by atoms with van der Waals surface area (Å²) in [6.45, 7) is 1.15. The van der Waals surface area contributed by atoms with Crippen LogP contribution in [-0.4, -0.2) is 18.3 Å². The molecule has 0 saturated heterocycles. The van der Waals surface area contributed by atoms with Crippen LogP contribution in [0.3, 0.4) is 0 Å². The van der Waals surface area contributed by atoms with E-state index in [9.17, 15) is 9.50 Å². The van der Waals surface area contributed by atoms with E-state index in [2.05, 4.69) is 15.9 Å². The summed E-state index contributed by atoms with van der Waals surface area (Å²) in [5, 5.41) is 10.5. The molecule has 0 amide bonds. The Morgan fingerprint density at radius 3 is 2.43 bits per heavy atom. The molecule has 3 nitrogen and oxygen atoms in total. The van der Waals surface area contributed by atoms with Crippen LogP contribution in [-0.2, 0) is 0 Å². The van der Waals surface area contributed by atoms with Gasteiger partial charge in [0.2, 0.25) is 0 Å². The third-order valence-corrected chi connectivity index (χ3v) is 4.05. The number of hydrogen-bond acceptors (Lipinski definition) is 3. The Bertz CT molecular complexity index is 660. The molecule has 0 fully saturated rings. The Kier molecular flexibility index (Phi) is 4.12. The lowest BCUT2D eigenvalue weighted by atomic mass is 10.0. The van der Waals surface area contributed by atoms with E-state index in [-0.39, 0.29) is 5.56 Å². The highest BCUT2D eigenvalue weighted by atomic mass is 79.9. The number of benzene rings is 2. The number of hydrogen-bond donors (Lipinski definition) is 1. The maximum absolute atomic E-state index is 13.8. The second-order valence-corrected chi connectivity index (χ2v) is 5.65. The SMILES string of the molecule is OC(c1ccccc1F)c1cc2c(cc1Br)OCCCO2. The highest BCUT2D eigenvalue weighted by Crippen LogP contribution is 2.39. The molecule has 2 aromatic carbocycles. The minimum Gasteiger partial charge on any atom is -0.490 e. The lowest BCUT2D eigenvalue weighted by molar-refractivity contribution is 0.213. The zero-order chi connectivity index (χ0) is 14.8. The first kappa shape index (κ1) is 14.4. The topological polar surface area (TPSA) is 38.7 Å². The fraction of sp³-hybridized carbons (Fsp3) is 0.250. The van der Waals surface area contributed by atoms with Crippen molar-refractivity contribution < 1.29 is 19.0 Å². The average Bonchev–Trinajstić information content (AvgIpc) is 2.71. The van der Waals surface area contributed by atoms with Gasteiger partial charge in [0.15, 0.2) is 11.5 Å². The summed E-state index contributed by atoms with van der Waals surface area (Å²) in [5.41, 5.74) is 0.775. The predicted molar refractivity (Wildman–Crippen MR) is 80.2 cm³/mol. The van der Waals surface area contributed by atoms with Crippen molar-refractivity contribution in [2.75, 3.05) is 13.2 Å². The van der Waals surface area contributed by atoms with Gasteiger partial charge < -0.3 is 14.6 Å². The first-order chi connectivity index (χ1) is 10.2. The molecule has 1 aliphatic rings. The van der Waals surface area contributed by atoms with Crippen LogP contribution in [0.15, 0.2) is 40.9 Å². The minimum absolute atomic E-state index is 0.229. The van der Waals surface area contributed by atoms with Crippen molar-refractivity contribution >= 4 is 15.9 Å². The Hall–Kier alpha value is -1.59. The van der Waals surface area contributed by atoms with Crippen molar-refractivity contribution in [3.8, 4) is 11.5 Å². The Morgan fingerprint density at radius 2 is 1.71 bits per heavy atom. The molecule has 1 atom stereocenters. The molecular formula is C16H14BrFO3. The van der Waals surface area contributed by atoms with Gasteiger partial charge in [0.1, 0.15) is 11.9 Å². The van der Waals surface area contributed by atoms with Crippen LogP contribution >= 0.6 is 15.9 Å². The van der Waals surface area contributed by atoms with Crippen molar-refractivity contribution in [2.24, 2.45) is 0 Å². The molecule has 2 aromatic rings. The van der Waals surface area contributed by atoms with Crippen molar-refractivity contribution in [1.82, 2.24) is 0 Å². The maximum atomic E-state index is 13.8. The van der Waals surface area contributed by atoms with Crippen LogP contribution in [0.2, 0.25) is 0 Å². The van der Waals surface area contributed by atoms with Gasteiger partial charge in [0.05, 0.1) is 13.2 Å². The molecule has 0 aliphatic carbocycles. The molecule has 0 bridgehead atoms. The molecule has 1 heterocycles. The summed E-state index contributed by atoms with van der Waals surface area (Å²) >= 11 is 3.41. The predicted octanol–water partition coefficient (Wildman–Crippen LogP) is 3.83. The molecule has 21 heavy (non-hydrogen) atoms. The summed E-state index contributed by atoms with van der Waals surface area (Å²) in [7, 11) is 0. The molecule has 1 unspecified atom stereocenters. The van der Waals surface area contributed by atoms with Gasteiger partial charge in [-0.1, -0.05) is 34.1 Å². The van der Waals surface area contributed by atoms with Gasteiger partial charge in [0.25, 0.3) is 0 Å². The maximum Gasteiger partial charge on any atom is 0.162 e. The van der Waals surface area contributed by atoms with Crippen molar-refractivity contribution in [2.45, 2.75) is 12.5 Å². The van der Waals surface area contributed by atoms with E-state index in [1.165, 1.54) is 6.07 Å². The van der Waals surface area contributed by atoms with Crippen LogP contribution in [0, 0.1) is 5.82 Å². The summed E-state index contributed by atoms with van der Waals surface area (Å²) < 4.78 is 25.7. The van der Waals surface area contributed by atoms with E-state index in [0.29, 0.717) is 34.7 Å². The standard InChI is InChI=1S/C16H14BrFO3/c17-12-9-15-14(20-6-3-7-21-15)8-11(12)16(19)10-4-1-2-5-13(10)18/h1-2,4-5,8-9,16,19H,3,6-7H2. The van der Waals surface area contributed by atoms with E-state index in [0.717, 1.165) is 6.42 Å². The largest absolute Gasteiger partial charge is 0.490 e. The van der Waals surface area contributed by atoms with Crippen molar-refractivity contribution in [1.29, 1.82) is 0 Å². The Labute approximate surface area is 130 Å². The second kappa shape index (κ2) is 6.03. The Morgan fingerprint density at radius 1 is 1.05 bits per heavy atom. The molecule has 1 aliphatic heterocycles. The first-order valence-electron chi connectivity index (χ1n) is 6.68. The summed E-state index contributed by atoms with van der Waals surface area (Å²) in [4.78, 5) is 0. The molecule has 1 N–H and O–H groups in total. The molecule has 110 valence electrons. The van der Waals surface area contributed by atoms with Gasteiger partial charge in [0, 0.05) is 22.0 Å². The van der Waals surface area contributed by atoms with E-state index < -0.39 is 11.9 Å². The normalized spacial score (nSPS) is 15.4. The highest BCUT2D eigenvalue weighted by Gasteiger charge is 2.21. The van der Waals surface area contributed by atoms with E-state index in [1.54, 1.807) is 30.3 Å². The van der Waals surface area contributed by atoms with Crippen molar-refractivity contribution in [3.05, 3.63) is 57.8 Å². The second-order valence-electron chi connectivity index (χ2n) is 4.79. The molecule has 3 rings (SSSR count). The van der Waals surface area contributed by atoms with Crippen molar-refractivity contribution in [3.63, 3.8) is 0 Å². The van der Waals surface area contributed by atoms with E-state index in [4.69, 9.17) is 9.47 Å². The third-order valence-electron chi connectivity index (χ3n) is 3.36. The highest BCUT2D eigenvalue weighted by molar-refractivity contribution is 9.10. The summed E-state index contributed by atoms with van der Waals surface area (Å²) in [5.74, 6) is 0.758. The van der Waals surface area contributed by atoms with Gasteiger partial charge in [-0.2, -0.15) is 0 Å². The minimum atomic E-state index is -1.07. The van der Waals surface area contributed by atoms with Crippen LogP contribution in [0.25, 0.3) is 0 Å². The van der Waals surface area contributed by atoms with Crippen LogP contribution in [0.4, 0.5) is 4.39 Å². The number of aliphatic hydroxyl groups is 1. The molecule has 0 radical (unpaired) electrons. The lowest BCUT2D eigenvalue weighted by Crippen LogP contribution is -2.04. The third kappa shape index (κ3) is 2.89. The monoisotopic (exact) mass is 352 g/mol. The zero-order valence-electron chi connectivity index (χ0n) is 11.2.